The summed E-state index contributed by atoms with van der Waals surface area (Å²) in [5.41, 5.74) is 1.36. The van der Waals surface area contributed by atoms with Crippen molar-refractivity contribution in [3.63, 3.8) is 0 Å². The standard InChI is InChI=1S/C8H6BrP3S8/c9-7-4-2-1-3-6(7)8-5-10(13)18-11(14,16-8)20-12(15,17-8)19-10/h1-4H,5H2. The van der Waals surface area contributed by atoms with E-state index in [2.05, 4.69) is 40.2 Å². The lowest BCUT2D eigenvalue weighted by Gasteiger charge is -2.57. The zero-order valence-corrected chi connectivity index (χ0v) is 20.3. The summed E-state index contributed by atoms with van der Waals surface area (Å²) >= 11 is 31.8. The topological polar surface area (TPSA) is 0 Å². The van der Waals surface area contributed by atoms with E-state index in [0.717, 1.165) is 6.16 Å². The molecule has 0 N–H and O–H groups in total. The Kier molecular flexibility index (Phi) is 4.59. The van der Waals surface area contributed by atoms with Crippen LogP contribution in [0.4, 0.5) is 0 Å². The third kappa shape index (κ3) is 2.80. The highest BCUT2D eigenvalue weighted by Gasteiger charge is 2.64. The van der Waals surface area contributed by atoms with Crippen LogP contribution in [0.5, 0.6) is 0 Å². The summed E-state index contributed by atoms with van der Waals surface area (Å²) in [6.07, 6.45) is 1.08. The normalized spacial score (nSPS) is 49.5. The fourth-order valence-electron chi connectivity index (χ4n) is 2.24. The largest absolute Gasteiger partial charge is 0.122 e. The number of halogens is 1. The Labute approximate surface area is 161 Å². The van der Waals surface area contributed by atoms with E-state index >= 15 is 0 Å². The van der Waals surface area contributed by atoms with E-state index in [-0.39, 0.29) is 4.08 Å². The molecule has 0 aliphatic carbocycles. The van der Waals surface area contributed by atoms with Gasteiger partial charge < -0.3 is 0 Å². The number of hydrogen-bond acceptors (Lipinski definition) is 8. The maximum Gasteiger partial charge on any atom is 0.122 e. The van der Waals surface area contributed by atoms with Crippen molar-refractivity contribution in [2.75, 3.05) is 6.16 Å². The molecule has 12 heteroatoms. The van der Waals surface area contributed by atoms with E-state index in [9.17, 15) is 0 Å². The van der Waals surface area contributed by atoms with Crippen molar-refractivity contribution in [3.8, 4) is 0 Å². The Morgan fingerprint density at radius 3 is 2.15 bits per heavy atom. The molecule has 4 fully saturated rings. The van der Waals surface area contributed by atoms with Crippen LogP contribution in [0.3, 0.4) is 0 Å². The van der Waals surface area contributed by atoms with Gasteiger partial charge in [-0.05, 0) is 22.6 Å². The molecule has 2 atom stereocenters. The van der Waals surface area contributed by atoms with Gasteiger partial charge in [0.15, 0.2) is 0 Å². The van der Waals surface area contributed by atoms with Crippen molar-refractivity contribution in [1.29, 1.82) is 0 Å². The third-order valence-corrected chi connectivity index (χ3v) is 61.9. The van der Waals surface area contributed by atoms with E-state index in [0.29, 0.717) is 0 Å². The first-order chi connectivity index (χ1) is 9.26. The molecule has 0 amide bonds. The van der Waals surface area contributed by atoms with E-state index in [1.165, 1.54) is 10.0 Å². The van der Waals surface area contributed by atoms with Crippen molar-refractivity contribution in [1.82, 2.24) is 0 Å². The summed E-state index contributed by atoms with van der Waals surface area (Å²) in [6, 6.07) is 8.53. The van der Waals surface area contributed by atoms with E-state index in [1.54, 1.807) is 0 Å². The SMILES string of the molecule is S=P12CC3(c4ccccc4Br)SP(=S)(S1)SP(=S)(S3)S2. The van der Waals surface area contributed by atoms with Crippen molar-refractivity contribution < 1.29 is 0 Å². The van der Waals surface area contributed by atoms with Crippen molar-refractivity contribution >= 4 is 119 Å². The summed E-state index contributed by atoms with van der Waals surface area (Å²) in [5.74, 6) is 0. The van der Waals surface area contributed by atoms with E-state index in [1.807, 2.05) is 55.8 Å². The first-order valence-corrected chi connectivity index (χ1v) is 23.7. The number of rotatable bonds is 1. The van der Waals surface area contributed by atoms with Gasteiger partial charge in [0.1, 0.15) is 11.4 Å². The average molecular weight is 531 g/mol. The molecule has 4 bridgehead atoms. The second-order valence-electron chi connectivity index (χ2n) is 4.32. The van der Waals surface area contributed by atoms with Crippen LogP contribution in [0, 0.1) is 0 Å². The highest BCUT2D eigenvalue weighted by Crippen LogP contribution is 3.19. The molecule has 4 aliphatic rings. The molecule has 2 unspecified atom stereocenters. The molecule has 20 heavy (non-hydrogen) atoms. The van der Waals surface area contributed by atoms with Crippen molar-refractivity contribution in [2.45, 2.75) is 4.08 Å². The second kappa shape index (κ2) is 5.45. The Morgan fingerprint density at radius 2 is 1.60 bits per heavy atom. The predicted octanol–water partition coefficient (Wildman–Crippen LogP) is 8.07. The maximum absolute atomic E-state index is 6.05. The van der Waals surface area contributed by atoms with Crippen LogP contribution in [0.1, 0.15) is 5.56 Å². The van der Waals surface area contributed by atoms with Crippen molar-refractivity contribution in [2.24, 2.45) is 0 Å². The highest BCUT2D eigenvalue weighted by molar-refractivity contribution is 9.61. The van der Waals surface area contributed by atoms with Gasteiger partial charge >= 0.3 is 0 Å². The van der Waals surface area contributed by atoms with Gasteiger partial charge in [-0.3, -0.25) is 0 Å². The van der Waals surface area contributed by atoms with Crippen LogP contribution in [-0.2, 0) is 39.5 Å². The fourth-order valence-corrected chi connectivity index (χ4v) is 125. The van der Waals surface area contributed by atoms with E-state index < -0.39 is 11.7 Å². The predicted molar refractivity (Wildman–Crippen MR) is 121 cm³/mol. The van der Waals surface area contributed by atoms with Gasteiger partial charge in [-0.1, -0.05) is 114 Å². The number of hydrogen-bond donors (Lipinski definition) is 0. The molecule has 4 saturated heterocycles. The number of benzene rings is 1. The Balaban J connectivity index is 1.96. The molecule has 0 saturated carbocycles. The molecule has 5 rings (SSSR count). The fraction of sp³-hybridized carbons (Fsp3) is 0.250. The molecule has 0 spiro atoms. The zero-order chi connectivity index (χ0) is 14.2. The quantitative estimate of drug-likeness (QED) is 0.330. The average Bonchev–Trinajstić information content (AvgIpc) is 2.22. The summed E-state index contributed by atoms with van der Waals surface area (Å²) in [5, 5.41) is 0. The molecule has 0 radical (unpaired) electrons. The minimum atomic E-state index is -1.54. The summed E-state index contributed by atoms with van der Waals surface area (Å²) < 4.78 is -3.35. The highest BCUT2D eigenvalue weighted by atomic mass is 79.9. The van der Waals surface area contributed by atoms with Crippen LogP contribution in [0.2, 0.25) is 0 Å². The molecule has 0 nitrogen and oxygen atoms in total. The molecule has 108 valence electrons. The molecule has 1 aromatic rings. The van der Waals surface area contributed by atoms with Gasteiger partial charge in [0.05, 0.1) is 4.44 Å². The first kappa shape index (κ1) is 16.8. The molecule has 0 aromatic heterocycles. The first-order valence-electron chi connectivity index (χ1n) is 5.35. The van der Waals surface area contributed by atoms with Crippen LogP contribution >= 0.6 is 83.4 Å². The molecular formula is C8H6BrP3S8. The lowest BCUT2D eigenvalue weighted by molar-refractivity contribution is 1.03. The van der Waals surface area contributed by atoms with Gasteiger partial charge in [-0.25, -0.2) is 0 Å². The van der Waals surface area contributed by atoms with Crippen LogP contribution in [-0.4, -0.2) is 6.16 Å². The van der Waals surface area contributed by atoms with Crippen molar-refractivity contribution in [3.05, 3.63) is 34.3 Å². The molecule has 4 heterocycles. The van der Waals surface area contributed by atoms with Crippen LogP contribution < -0.4 is 0 Å². The summed E-state index contributed by atoms with van der Waals surface area (Å²) in [6.45, 7) is 0. The van der Waals surface area contributed by atoms with Gasteiger partial charge in [-0.2, -0.15) is 0 Å². The minimum absolute atomic E-state index is 0.0302. The Hall–Kier alpha value is 3.40. The lowest BCUT2D eigenvalue weighted by Crippen LogP contribution is -2.26. The summed E-state index contributed by atoms with van der Waals surface area (Å²) in [4.78, 5) is 0. The van der Waals surface area contributed by atoms with E-state index in [4.69, 9.17) is 35.4 Å². The Morgan fingerprint density at radius 1 is 1.00 bits per heavy atom. The molecule has 1 aromatic carbocycles. The van der Waals surface area contributed by atoms with Gasteiger partial charge in [0.25, 0.3) is 0 Å². The monoisotopic (exact) mass is 530 g/mol. The molecule has 4 aliphatic heterocycles. The van der Waals surface area contributed by atoms with Gasteiger partial charge in [0, 0.05) is 10.6 Å². The zero-order valence-electron chi connectivity index (χ0n) is 9.50. The summed E-state index contributed by atoms with van der Waals surface area (Å²) in [7, 11) is 0. The Bertz CT molecular complexity index is 679. The molecular weight excluding hydrogens is 525 g/mol. The van der Waals surface area contributed by atoms with Gasteiger partial charge in [-0.15, -0.1) is 0 Å². The van der Waals surface area contributed by atoms with Crippen LogP contribution in [0.15, 0.2) is 28.7 Å². The second-order valence-corrected chi connectivity index (χ2v) is 47.1. The smallest absolute Gasteiger partial charge is 0.0798 e. The minimum Gasteiger partial charge on any atom is -0.0798 e. The third-order valence-electron chi connectivity index (χ3n) is 2.85. The van der Waals surface area contributed by atoms with Gasteiger partial charge in [0.2, 0.25) is 0 Å². The maximum atomic E-state index is 6.05. The lowest BCUT2D eigenvalue weighted by atomic mass is 10.1. The van der Waals surface area contributed by atoms with Crippen LogP contribution in [0.25, 0.3) is 0 Å².